The number of aromatic nitrogens is 2. The molecule has 4 aromatic rings. The van der Waals surface area contributed by atoms with E-state index < -0.39 is 12.1 Å². The van der Waals surface area contributed by atoms with Crippen molar-refractivity contribution < 1.29 is 19.4 Å². The Bertz CT molecular complexity index is 1310. The van der Waals surface area contributed by atoms with E-state index in [0.717, 1.165) is 27.8 Å². The molecule has 0 aliphatic heterocycles. The van der Waals surface area contributed by atoms with Crippen LogP contribution in [0, 0.1) is 6.92 Å². The zero-order valence-electron chi connectivity index (χ0n) is 17.9. The third-order valence-electron chi connectivity index (χ3n) is 5.85. The van der Waals surface area contributed by atoms with E-state index in [0.29, 0.717) is 5.69 Å². The van der Waals surface area contributed by atoms with E-state index in [2.05, 4.69) is 22.4 Å². The molecule has 7 nitrogen and oxygen atoms in total. The van der Waals surface area contributed by atoms with Crippen molar-refractivity contribution in [2.45, 2.75) is 12.8 Å². The van der Waals surface area contributed by atoms with Crippen LogP contribution >= 0.6 is 0 Å². The minimum atomic E-state index is -1.24. The summed E-state index contributed by atoms with van der Waals surface area (Å²) < 4.78 is 7.09. The normalized spacial score (nSPS) is 12.2. The third-order valence-corrected chi connectivity index (χ3v) is 5.85. The number of rotatable bonds is 5. The molecule has 1 amide bonds. The summed E-state index contributed by atoms with van der Waals surface area (Å²) in [6, 6.07) is 23.6. The predicted molar refractivity (Wildman–Crippen MR) is 124 cm³/mol. The monoisotopic (exact) mass is 439 g/mol. The highest BCUT2D eigenvalue weighted by Crippen LogP contribution is 2.44. The maximum absolute atomic E-state index is 12.7. The zero-order chi connectivity index (χ0) is 22.9. The quantitative estimate of drug-likeness (QED) is 0.444. The first kappa shape index (κ1) is 20.5. The van der Waals surface area contributed by atoms with Gasteiger partial charge in [0.25, 0.3) is 0 Å². The summed E-state index contributed by atoms with van der Waals surface area (Å²) in [5, 5.41) is 12.1. The Kier molecular flexibility index (Phi) is 5.14. The number of carbonyl (C=O) groups excluding carboxylic acids is 1. The van der Waals surface area contributed by atoms with Crippen LogP contribution in [0.3, 0.4) is 0 Å². The number of anilines is 1. The number of benzene rings is 3. The summed E-state index contributed by atoms with van der Waals surface area (Å²) in [6.07, 6.45) is 0.626. The van der Waals surface area contributed by atoms with Gasteiger partial charge in [-0.2, -0.15) is 0 Å². The standard InChI is InChI=1S/C26H21N3O4/c1-16-10-12-17(13-11-16)29-15-27-23(25(30)31)24(29)28-26(32)33-14-22-20-8-4-2-6-18(20)19-7-3-5-9-21(19)22/h2-13,15,22H,14H2,1H3,(H,28,32)(H,30,31). The number of hydrogen-bond donors (Lipinski definition) is 2. The van der Waals surface area contributed by atoms with Crippen molar-refractivity contribution in [3.8, 4) is 16.8 Å². The summed E-state index contributed by atoms with van der Waals surface area (Å²) in [4.78, 5) is 28.4. The molecule has 0 bridgehead atoms. The molecule has 33 heavy (non-hydrogen) atoms. The van der Waals surface area contributed by atoms with Crippen LogP contribution in [-0.4, -0.2) is 33.3 Å². The smallest absolute Gasteiger partial charge is 0.412 e. The van der Waals surface area contributed by atoms with Gasteiger partial charge in [-0.05, 0) is 41.3 Å². The fourth-order valence-corrected chi connectivity index (χ4v) is 4.26. The lowest BCUT2D eigenvalue weighted by atomic mass is 9.98. The van der Waals surface area contributed by atoms with Crippen molar-refractivity contribution in [1.29, 1.82) is 0 Å². The van der Waals surface area contributed by atoms with Crippen LogP contribution in [0.15, 0.2) is 79.1 Å². The number of ether oxygens (including phenoxy) is 1. The van der Waals surface area contributed by atoms with Crippen molar-refractivity contribution in [3.05, 3.63) is 102 Å². The van der Waals surface area contributed by atoms with Crippen molar-refractivity contribution in [3.63, 3.8) is 0 Å². The van der Waals surface area contributed by atoms with Crippen LogP contribution in [0.4, 0.5) is 10.6 Å². The van der Waals surface area contributed by atoms with Gasteiger partial charge in [-0.15, -0.1) is 0 Å². The summed E-state index contributed by atoms with van der Waals surface area (Å²) in [7, 11) is 0. The van der Waals surface area contributed by atoms with E-state index in [1.54, 1.807) is 0 Å². The first-order valence-electron chi connectivity index (χ1n) is 10.5. The van der Waals surface area contributed by atoms with Crippen molar-refractivity contribution in [2.24, 2.45) is 0 Å². The third kappa shape index (κ3) is 3.74. The lowest BCUT2D eigenvalue weighted by molar-refractivity contribution is 0.0692. The van der Waals surface area contributed by atoms with Crippen molar-refractivity contribution >= 4 is 17.9 Å². The molecule has 0 spiro atoms. The second-order valence-corrected chi connectivity index (χ2v) is 7.90. The Hall–Kier alpha value is -4.39. The Morgan fingerprint density at radius 2 is 1.58 bits per heavy atom. The number of nitrogens with one attached hydrogen (secondary N) is 1. The molecule has 0 fully saturated rings. The lowest BCUT2D eigenvalue weighted by Crippen LogP contribution is -2.20. The van der Waals surface area contributed by atoms with Crippen LogP contribution in [0.1, 0.15) is 33.1 Å². The van der Waals surface area contributed by atoms with E-state index in [4.69, 9.17) is 4.74 Å². The zero-order valence-corrected chi connectivity index (χ0v) is 17.9. The predicted octanol–water partition coefficient (Wildman–Crippen LogP) is 5.24. The van der Waals surface area contributed by atoms with Crippen LogP contribution in [0.5, 0.6) is 0 Å². The molecule has 1 aromatic heterocycles. The van der Waals surface area contributed by atoms with Gasteiger partial charge in [-0.3, -0.25) is 9.88 Å². The van der Waals surface area contributed by atoms with Gasteiger partial charge in [0, 0.05) is 11.6 Å². The number of carbonyl (C=O) groups is 2. The molecule has 164 valence electrons. The molecule has 0 atom stereocenters. The minimum absolute atomic E-state index is 0.0450. The van der Waals surface area contributed by atoms with E-state index in [9.17, 15) is 14.7 Å². The van der Waals surface area contributed by atoms with Gasteiger partial charge in [0.1, 0.15) is 12.9 Å². The van der Waals surface area contributed by atoms with Gasteiger partial charge in [0.05, 0.1) is 0 Å². The lowest BCUT2D eigenvalue weighted by Gasteiger charge is -2.15. The first-order chi connectivity index (χ1) is 16.0. The molecule has 3 aromatic carbocycles. The first-order valence-corrected chi connectivity index (χ1v) is 10.5. The Morgan fingerprint density at radius 3 is 2.18 bits per heavy atom. The average molecular weight is 439 g/mol. The van der Waals surface area contributed by atoms with Crippen LogP contribution < -0.4 is 5.32 Å². The highest BCUT2D eigenvalue weighted by Gasteiger charge is 2.29. The number of aryl methyl sites for hydroxylation is 1. The molecule has 7 heteroatoms. The maximum atomic E-state index is 12.7. The number of amides is 1. The highest BCUT2D eigenvalue weighted by molar-refractivity contribution is 5.96. The van der Waals surface area contributed by atoms with Crippen LogP contribution in [0.2, 0.25) is 0 Å². The number of hydrogen-bond acceptors (Lipinski definition) is 4. The average Bonchev–Trinajstić information content (AvgIpc) is 3.38. The Labute approximate surface area is 190 Å². The number of aromatic carboxylic acids is 1. The molecular formula is C26H21N3O4. The maximum Gasteiger partial charge on any atom is 0.412 e. The Balaban J connectivity index is 1.38. The van der Waals surface area contributed by atoms with Gasteiger partial charge in [-0.1, -0.05) is 66.2 Å². The molecule has 0 unspecified atom stereocenters. The number of carboxylic acid groups (broad SMARTS) is 1. The molecule has 2 N–H and O–H groups in total. The minimum Gasteiger partial charge on any atom is -0.476 e. The van der Waals surface area contributed by atoms with Crippen LogP contribution in [-0.2, 0) is 4.74 Å². The second kappa shape index (κ2) is 8.27. The second-order valence-electron chi connectivity index (χ2n) is 7.90. The molecule has 1 aliphatic rings. The topological polar surface area (TPSA) is 93.5 Å². The van der Waals surface area contributed by atoms with Crippen LogP contribution in [0.25, 0.3) is 16.8 Å². The summed E-state index contributed by atoms with van der Waals surface area (Å²) in [6.45, 7) is 2.08. The number of nitrogens with zero attached hydrogens (tertiary/aromatic N) is 2. The van der Waals surface area contributed by atoms with E-state index in [1.165, 1.54) is 10.9 Å². The fourth-order valence-electron chi connectivity index (χ4n) is 4.26. The molecule has 0 radical (unpaired) electrons. The Morgan fingerprint density at radius 1 is 0.970 bits per heavy atom. The SMILES string of the molecule is Cc1ccc(-n2cnc(C(=O)O)c2NC(=O)OCC2c3ccccc3-c3ccccc32)cc1. The number of fused-ring (bicyclic) bond motifs is 3. The summed E-state index contributed by atoms with van der Waals surface area (Å²) in [5.74, 6) is -1.29. The van der Waals surface area contributed by atoms with E-state index in [1.807, 2.05) is 67.6 Å². The van der Waals surface area contributed by atoms with Gasteiger partial charge in [0.2, 0.25) is 0 Å². The highest BCUT2D eigenvalue weighted by atomic mass is 16.5. The molecule has 0 saturated carbocycles. The van der Waals surface area contributed by atoms with Crippen molar-refractivity contribution in [1.82, 2.24) is 9.55 Å². The van der Waals surface area contributed by atoms with Gasteiger partial charge in [-0.25, -0.2) is 14.6 Å². The van der Waals surface area contributed by atoms with Gasteiger partial charge < -0.3 is 9.84 Å². The molecular weight excluding hydrogens is 418 g/mol. The van der Waals surface area contributed by atoms with Gasteiger partial charge >= 0.3 is 12.1 Å². The summed E-state index contributed by atoms with van der Waals surface area (Å²) >= 11 is 0. The summed E-state index contributed by atoms with van der Waals surface area (Å²) in [5.41, 5.74) is 5.94. The van der Waals surface area contributed by atoms with E-state index >= 15 is 0 Å². The molecule has 1 aliphatic carbocycles. The van der Waals surface area contributed by atoms with Crippen molar-refractivity contribution in [2.75, 3.05) is 11.9 Å². The molecule has 0 saturated heterocycles. The van der Waals surface area contributed by atoms with E-state index in [-0.39, 0.29) is 24.0 Å². The molecule has 1 heterocycles. The largest absolute Gasteiger partial charge is 0.476 e. The fraction of sp³-hybridized carbons (Fsp3) is 0.115. The molecule has 5 rings (SSSR count). The number of carboxylic acids is 1. The number of imidazole rings is 1. The van der Waals surface area contributed by atoms with Gasteiger partial charge in [0.15, 0.2) is 11.5 Å².